The van der Waals surface area contributed by atoms with Crippen molar-refractivity contribution in [3.8, 4) is 0 Å². The fourth-order valence-corrected chi connectivity index (χ4v) is 6.13. The standard InChI is InChI=1S/C24H23Cl4FN2O2/c1-12-6-13(8-14(25)7-12)23(3)19(24(23,27)28)21(33)30-15-4-5-18(26)17(9-15)20(32)31-16-10-22(2,29)11-16/h4-9,16,19H,10-11H2,1-3H3,(H,30,33)(H,31,32). The Morgan fingerprint density at radius 1 is 1.06 bits per heavy atom. The van der Waals surface area contributed by atoms with Crippen LogP contribution in [0.4, 0.5) is 10.1 Å². The van der Waals surface area contributed by atoms with E-state index in [1.54, 1.807) is 12.1 Å². The van der Waals surface area contributed by atoms with Crippen molar-refractivity contribution in [1.82, 2.24) is 5.32 Å². The zero-order valence-corrected chi connectivity index (χ0v) is 21.3. The minimum atomic E-state index is -1.33. The molecule has 0 spiro atoms. The Hall–Kier alpha value is -1.53. The van der Waals surface area contributed by atoms with E-state index in [1.807, 2.05) is 26.0 Å². The number of rotatable bonds is 5. The summed E-state index contributed by atoms with van der Waals surface area (Å²) in [6.45, 7) is 5.22. The highest BCUT2D eigenvalue weighted by molar-refractivity contribution is 6.54. The maximum absolute atomic E-state index is 13.7. The number of anilines is 1. The molecule has 2 aromatic carbocycles. The summed E-state index contributed by atoms with van der Waals surface area (Å²) in [5.41, 5.74) is 0.168. The molecule has 2 unspecified atom stereocenters. The molecule has 0 aliphatic heterocycles. The van der Waals surface area contributed by atoms with Crippen LogP contribution in [0.3, 0.4) is 0 Å². The molecule has 2 saturated carbocycles. The van der Waals surface area contributed by atoms with E-state index in [9.17, 15) is 14.0 Å². The predicted octanol–water partition coefficient (Wildman–Crippen LogP) is 6.62. The third-order valence-corrected chi connectivity index (χ3v) is 8.38. The molecule has 0 aromatic heterocycles. The first kappa shape index (κ1) is 24.6. The van der Waals surface area contributed by atoms with E-state index in [0.717, 1.165) is 11.1 Å². The molecule has 176 valence electrons. The van der Waals surface area contributed by atoms with Crippen LogP contribution in [0.25, 0.3) is 0 Å². The number of hydrogen-bond donors (Lipinski definition) is 2. The first-order chi connectivity index (χ1) is 15.2. The van der Waals surface area contributed by atoms with Crippen LogP contribution >= 0.6 is 46.4 Å². The molecule has 2 fully saturated rings. The van der Waals surface area contributed by atoms with Crippen molar-refractivity contribution in [3.63, 3.8) is 0 Å². The molecular formula is C24H23Cl4FN2O2. The highest BCUT2D eigenvalue weighted by atomic mass is 35.5. The molecule has 2 aromatic rings. The van der Waals surface area contributed by atoms with Gasteiger partial charge in [-0.1, -0.05) is 59.4 Å². The van der Waals surface area contributed by atoms with Crippen LogP contribution in [0.1, 0.15) is 48.2 Å². The van der Waals surface area contributed by atoms with Crippen LogP contribution in [0.2, 0.25) is 10.0 Å². The van der Waals surface area contributed by atoms with Gasteiger partial charge in [0.1, 0.15) is 10.0 Å². The van der Waals surface area contributed by atoms with Gasteiger partial charge in [0.25, 0.3) is 5.91 Å². The average molecular weight is 532 g/mol. The van der Waals surface area contributed by atoms with Crippen molar-refractivity contribution in [2.75, 3.05) is 5.32 Å². The summed E-state index contributed by atoms with van der Waals surface area (Å²) in [5, 5.41) is 6.32. The van der Waals surface area contributed by atoms with Crippen LogP contribution in [0.5, 0.6) is 0 Å². The lowest BCUT2D eigenvalue weighted by Gasteiger charge is -2.39. The minimum Gasteiger partial charge on any atom is -0.349 e. The second-order valence-electron chi connectivity index (χ2n) is 9.45. The van der Waals surface area contributed by atoms with E-state index in [0.29, 0.717) is 10.7 Å². The van der Waals surface area contributed by atoms with Crippen LogP contribution in [-0.2, 0) is 10.2 Å². The molecule has 2 N–H and O–H groups in total. The summed E-state index contributed by atoms with van der Waals surface area (Å²) >= 11 is 25.5. The lowest BCUT2D eigenvalue weighted by atomic mass is 9.79. The van der Waals surface area contributed by atoms with E-state index in [-0.39, 0.29) is 35.4 Å². The minimum absolute atomic E-state index is 0.189. The number of benzene rings is 2. The molecule has 2 aliphatic carbocycles. The molecule has 2 aliphatic rings. The second kappa shape index (κ2) is 8.30. The SMILES string of the molecule is Cc1cc(Cl)cc(C2(C)C(C(=O)Nc3ccc(Cl)c(C(=O)NC4CC(C)(F)C4)c3)C2(Cl)Cl)c1. The molecule has 33 heavy (non-hydrogen) atoms. The van der Waals surface area contributed by atoms with Gasteiger partial charge in [-0.25, -0.2) is 4.39 Å². The van der Waals surface area contributed by atoms with Crippen molar-refractivity contribution in [2.45, 2.75) is 55.1 Å². The number of nitrogens with one attached hydrogen (secondary N) is 2. The number of hydrogen-bond acceptors (Lipinski definition) is 2. The second-order valence-corrected chi connectivity index (χ2v) is 11.7. The maximum atomic E-state index is 13.7. The van der Waals surface area contributed by atoms with Crippen molar-refractivity contribution in [3.05, 3.63) is 63.1 Å². The number of carbonyl (C=O) groups is 2. The Bertz CT molecular complexity index is 1130. The molecule has 0 saturated heterocycles. The molecule has 0 bridgehead atoms. The fourth-order valence-electron chi connectivity index (χ4n) is 4.68. The molecule has 2 amide bonds. The van der Waals surface area contributed by atoms with Gasteiger partial charge >= 0.3 is 0 Å². The molecule has 4 rings (SSSR count). The number of halogens is 5. The zero-order chi connectivity index (χ0) is 24.3. The Balaban J connectivity index is 1.51. The topological polar surface area (TPSA) is 58.2 Å². The molecular weight excluding hydrogens is 509 g/mol. The summed E-state index contributed by atoms with van der Waals surface area (Å²) < 4.78 is 12.4. The summed E-state index contributed by atoms with van der Waals surface area (Å²) in [7, 11) is 0. The number of carbonyl (C=O) groups excluding carboxylic acids is 2. The normalized spacial score (nSPS) is 29.7. The number of amides is 2. The van der Waals surface area contributed by atoms with Gasteiger partial charge in [-0.15, -0.1) is 0 Å². The summed E-state index contributed by atoms with van der Waals surface area (Å²) in [6, 6.07) is 9.83. The summed E-state index contributed by atoms with van der Waals surface area (Å²) in [6.07, 6.45) is 0.507. The third-order valence-electron chi connectivity index (χ3n) is 6.61. The maximum Gasteiger partial charge on any atom is 0.253 e. The van der Waals surface area contributed by atoms with E-state index < -0.39 is 27.2 Å². The largest absolute Gasteiger partial charge is 0.349 e. The first-order valence-electron chi connectivity index (χ1n) is 10.5. The summed E-state index contributed by atoms with van der Waals surface area (Å²) in [5.74, 6) is -1.55. The van der Waals surface area contributed by atoms with Gasteiger partial charge < -0.3 is 10.6 Å². The highest BCUT2D eigenvalue weighted by Crippen LogP contribution is 2.69. The molecule has 0 heterocycles. The van der Waals surface area contributed by atoms with Crippen molar-refractivity contribution >= 4 is 63.9 Å². The van der Waals surface area contributed by atoms with Gasteiger partial charge in [-0.05, 0) is 55.3 Å². The van der Waals surface area contributed by atoms with Crippen molar-refractivity contribution in [1.29, 1.82) is 0 Å². The van der Waals surface area contributed by atoms with Gasteiger partial charge in [-0.2, -0.15) is 0 Å². The molecule has 4 nitrogen and oxygen atoms in total. The van der Waals surface area contributed by atoms with Crippen LogP contribution in [0.15, 0.2) is 36.4 Å². The predicted molar refractivity (Wildman–Crippen MR) is 132 cm³/mol. The van der Waals surface area contributed by atoms with E-state index in [2.05, 4.69) is 10.6 Å². The summed E-state index contributed by atoms with van der Waals surface area (Å²) in [4.78, 5) is 25.8. The van der Waals surface area contributed by atoms with Crippen LogP contribution < -0.4 is 10.6 Å². The first-order valence-corrected chi connectivity index (χ1v) is 12.0. The van der Waals surface area contributed by atoms with E-state index in [1.165, 1.54) is 19.1 Å². The van der Waals surface area contributed by atoms with E-state index >= 15 is 0 Å². The lowest BCUT2D eigenvalue weighted by Crippen LogP contribution is -2.51. The Morgan fingerprint density at radius 2 is 1.73 bits per heavy atom. The van der Waals surface area contributed by atoms with Gasteiger partial charge in [-0.3, -0.25) is 9.59 Å². The van der Waals surface area contributed by atoms with Crippen molar-refractivity contribution in [2.24, 2.45) is 5.92 Å². The van der Waals surface area contributed by atoms with Gasteiger partial charge in [0, 0.05) is 35.0 Å². The number of alkyl halides is 3. The highest BCUT2D eigenvalue weighted by Gasteiger charge is 2.77. The quantitative estimate of drug-likeness (QED) is 0.426. The Labute approximate surface area is 212 Å². The number of aryl methyl sites for hydroxylation is 1. The smallest absolute Gasteiger partial charge is 0.253 e. The zero-order valence-electron chi connectivity index (χ0n) is 18.2. The van der Waals surface area contributed by atoms with Crippen LogP contribution in [0, 0.1) is 12.8 Å². The molecule has 9 heteroatoms. The average Bonchev–Trinajstić information content (AvgIpc) is 3.14. The van der Waals surface area contributed by atoms with Gasteiger partial charge in [0.15, 0.2) is 0 Å². The van der Waals surface area contributed by atoms with Crippen molar-refractivity contribution < 1.29 is 14.0 Å². The van der Waals surface area contributed by atoms with Crippen LogP contribution in [-0.4, -0.2) is 27.9 Å². The Morgan fingerprint density at radius 3 is 2.33 bits per heavy atom. The van der Waals surface area contributed by atoms with Gasteiger partial charge in [0.05, 0.1) is 16.5 Å². The fraction of sp³-hybridized carbons (Fsp3) is 0.417. The van der Waals surface area contributed by atoms with E-state index in [4.69, 9.17) is 46.4 Å². The molecule has 2 atom stereocenters. The monoisotopic (exact) mass is 530 g/mol. The Kier molecular flexibility index (Phi) is 6.18. The van der Waals surface area contributed by atoms with Gasteiger partial charge in [0.2, 0.25) is 5.91 Å². The molecule has 0 radical (unpaired) electrons. The lowest BCUT2D eigenvalue weighted by molar-refractivity contribution is -0.117. The third kappa shape index (κ3) is 4.45.